The predicted octanol–water partition coefficient (Wildman–Crippen LogP) is 5.38. The van der Waals surface area contributed by atoms with Gasteiger partial charge in [-0.3, -0.25) is 9.59 Å². The maximum absolute atomic E-state index is 13.3. The topological polar surface area (TPSA) is 49.4 Å². The van der Waals surface area contributed by atoms with Crippen molar-refractivity contribution >= 4 is 11.8 Å². The van der Waals surface area contributed by atoms with Crippen molar-refractivity contribution in [2.75, 3.05) is 0 Å². The summed E-state index contributed by atoms with van der Waals surface area (Å²) in [4.78, 5) is 27.9. The van der Waals surface area contributed by atoms with Crippen molar-refractivity contribution in [3.05, 3.63) is 70.8 Å². The van der Waals surface area contributed by atoms with E-state index < -0.39 is 6.04 Å². The first-order valence-electron chi connectivity index (χ1n) is 11.5. The number of aryl methyl sites for hydroxylation is 2. The second kappa shape index (κ2) is 11.7. The highest BCUT2D eigenvalue weighted by Crippen LogP contribution is 2.18. The Hall–Kier alpha value is -2.62. The molecule has 1 atom stereocenters. The van der Waals surface area contributed by atoms with Gasteiger partial charge in [-0.05, 0) is 56.2 Å². The fourth-order valence-corrected chi connectivity index (χ4v) is 3.65. The van der Waals surface area contributed by atoms with Crippen molar-refractivity contribution in [2.45, 2.75) is 85.4 Å². The summed E-state index contributed by atoms with van der Waals surface area (Å²) in [5.41, 5.74) is 4.66. The molecule has 4 heteroatoms. The normalized spacial score (nSPS) is 12.1. The van der Waals surface area contributed by atoms with E-state index in [2.05, 4.69) is 43.4 Å². The van der Waals surface area contributed by atoms with E-state index in [0.29, 0.717) is 31.7 Å². The Labute approximate surface area is 188 Å². The lowest BCUT2D eigenvalue weighted by Gasteiger charge is -2.31. The van der Waals surface area contributed by atoms with Crippen molar-refractivity contribution in [1.29, 1.82) is 0 Å². The van der Waals surface area contributed by atoms with Crippen LogP contribution in [0, 0.1) is 6.92 Å². The van der Waals surface area contributed by atoms with Crippen LogP contribution in [-0.4, -0.2) is 28.8 Å². The lowest BCUT2D eigenvalue weighted by molar-refractivity contribution is -0.141. The minimum Gasteiger partial charge on any atom is -0.352 e. The molecule has 2 rings (SSSR count). The first kappa shape index (κ1) is 24.6. The van der Waals surface area contributed by atoms with Crippen LogP contribution in [0.15, 0.2) is 48.5 Å². The standard InChI is InChI=1S/C27H38N2O2/c1-7-25(27(31)28-20(4)5)29(18-23-10-8-21(6)9-11-23)26(30)17-14-22-12-15-24(16-13-22)19(2)3/h8-13,15-16,19-20,25H,7,14,17-18H2,1-6H3,(H,28,31)/t25-/m1/s1. The average Bonchev–Trinajstić information content (AvgIpc) is 2.73. The summed E-state index contributed by atoms with van der Waals surface area (Å²) in [6.07, 6.45) is 1.64. The monoisotopic (exact) mass is 422 g/mol. The summed E-state index contributed by atoms with van der Waals surface area (Å²) in [5, 5.41) is 2.98. The molecule has 0 heterocycles. The van der Waals surface area contributed by atoms with E-state index in [1.165, 1.54) is 11.1 Å². The molecule has 0 unspecified atom stereocenters. The largest absolute Gasteiger partial charge is 0.352 e. The van der Waals surface area contributed by atoms with Gasteiger partial charge in [0.15, 0.2) is 0 Å². The molecule has 0 aliphatic rings. The Bertz CT molecular complexity index is 839. The zero-order valence-corrected chi connectivity index (χ0v) is 19.9. The minimum absolute atomic E-state index is 0.0132. The molecular weight excluding hydrogens is 384 g/mol. The number of nitrogens with one attached hydrogen (secondary N) is 1. The third kappa shape index (κ3) is 7.54. The maximum atomic E-state index is 13.3. The van der Waals surface area contributed by atoms with Gasteiger partial charge in [-0.2, -0.15) is 0 Å². The van der Waals surface area contributed by atoms with Crippen molar-refractivity contribution in [3.63, 3.8) is 0 Å². The fourth-order valence-electron chi connectivity index (χ4n) is 3.65. The molecule has 2 aromatic carbocycles. The van der Waals surface area contributed by atoms with Crippen molar-refractivity contribution in [1.82, 2.24) is 10.2 Å². The summed E-state index contributed by atoms with van der Waals surface area (Å²) in [7, 11) is 0. The van der Waals surface area contributed by atoms with E-state index in [4.69, 9.17) is 0 Å². The van der Waals surface area contributed by atoms with Gasteiger partial charge in [0.25, 0.3) is 0 Å². The molecule has 0 aromatic heterocycles. The van der Waals surface area contributed by atoms with Gasteiger partial charge in [0.2, 0.25) is 11.8 Å². The Morgan fingerprint density at radius 1 is 0.903 bits per heavy atom. The lowest BCUT2D eigenvalue weighted by atomic mass is 10.00. The highest BCUT2D eigenvalue weighted by atomic mass is 16.2. The zero-order valence-electron chi connectivity index (χ0n) is 19.9. The van der Waals surface area contributed by atoms with Crippen molar-refractivity contribution < 1.29 is 9.59 Å². The molecule has 0 saturated carbocycles. The molecule has 2 aromatic rings. The smallest absolute Gasteiger partial charge is 0.243 e. The van der Waals surface area contributed by atoms with Crippen LogP contribution < -0.4 is 5.32 Å². The Kier molecular flexibility index (Phi) is 9.29. The molecule has 1 N–H and O–H groups in total. The van der Waals surface area contributed by atoms with Crippen LogP contribution in [0.5, 0.6) is 0 Å². The number of benzene rings is 2. The molecule has 0 aliphatic heterocycles. The van der Waals surface area contributed by atoms with E-state index >= 15 is 0 Å². The Morgan fingerprint density at radius 2 is 1.48 bits per heavy atom. The number of hydrogen-bond acceptors (Lipinski definition) is 2. The number of carbonyl (C=O) groups is 2. The summed E-state index contributed by atoms with van der Waals surface area (Å²) in [6, 6.07) is 16.2. The number of carbonyl (C=O) groups excluding carboxylic acids is 2. The summed E-state index contributed by atoms with van der Waals surface area (Å²) in [6.45, 7) is 12.7. The summed E-state index contributed by atoms with van der Waals surface area (Å²) < 4.78 is 0. The van der Waals surface area contributed by atoms with Crippen LogP contribution in [0.3, 0.4) is 0 Å². The zero-order chi connectivity index (χ0) is 23.0. The molecule has 0 saturated heterocycles. The van der Waals surface area contributed by atoms with Crippen LogP contribution in [0.4, 0.5) is 0 Å². The van der Waals surface area contributed by atoms with Gasteiger partial charge in [0, 0.05) is 19.0 Å². The fraction of sp³-hybridized carbons (Fsp3) is 0.481. The SMILES string of the molecule is CC[C@H](C(=O)NC(C)C)N(Cc1ccc(C)cc1)C(=O)CCc1ccc(C(C)C)cc1. The predicted molar refractivity (Wildman–Crippen MR) is 128 cm³/mol. The third-order valence-electron chi connectivity index (χ3n) is 5.56. The summed E-state index contributed by atoms with van der Waals surface area (Å²) >= 11 is 0. The second-order valence-electron chi connectivity index (χ2n) is 8.99. The van der Waals surface area contributed by atoms with Gasteiger partial charge in [0.05, 0.1) is 0 Å². The van der Waals surface area contributed by atoms with Gasteiger partial charge in [-0.15, -0.1) is 0 Å². The van der Waals surface area contributed by atoms with E-state index in [1.54, 1.807) is 4.90 Å². The first-order valence-corrected chi connectivity index (χ1v) is 11.5. The van der Waals surface area contributed by atoms with Crippen LogP contribution in [0.25, 0.3) is 0 Å². The molecule has 31 heavy (non-hydrogen) atoms. The van der Waals surface area contributed by atoms with Crippen LogP contribution in [0.1, 0.15) is 75.6 Å². The van der Waals surface area contributed by atoms with Gasteiger partial charge < -0.3 is 10.2 Å². The molecule has 0 radical (unpaired) electrons. The molecule has 168 valence electrons. The number of rotatable bonds is 10. The number of hydrogen-bond donors (Lipinski definition) is 1. The molecule has 0 fully saturated rings. The van der Waals surface area contributed by atoms with Crippen LogP contribution in [0.2, 0.25) is 0 Å². The highest BCUT2D eigenvalue weighted by molar-refractivity contribution is 5.87. The van der Waals surface area contributed by atoms with E-state index in [9.17, 15) is 9.59 Å². The van der Waals surface area contributed by atoms with Crippen molar-refractivity contribution in [3.8, 4) is 0 Å². The van der Waals surface area contributed by atoms with Crippen LogP contribution in [-0.2, 0) is 22.6 Å². The van der Waals surface area contributed by atoms with Gasteiger partial charge >= 0.3 is 0 Å². The van der Waals surface area contributed by atoms with E-state index in [1.807, 2.05) is 52.0 Å². The number of nitrogens with zero attached hydrogens (tertiary/aromatic N) is 1. The first-order chi connectivity index (χ1) is 14.7. The van der Waals surface area contributed by atoms with Gasteiger partial charge in [0.1, 0.15) is 6.04 Å². The molecular formula is C27H38N2O2. The Balaban J connectivity index is 2.17. The maximum Gasteiger partial charge on any atom is 0.243 e. The van der Waals surface area contributed by atoms with Crippen LogP contribution >= 0.6 is 0 Å². The Morgan fingerprint density at radius 3 is 2.00 bits per heavy atom. The van der Waals surface area contributed by atoms with Crippen molar-refractivity contribution in [2.24, 2.45) is 0 Å². The molecule has 4 nitrogen and oxygen atoms in total. The van der Waals surface area contributed by atoms with Gasteiger partial charge in [-0.25, -0.2) is 0 Å². The summed E-state index contributed by atoms with van der Waals surface area (Å²) in [5.74, 6) is 0.420. The minimum atomic E-state index is -0.473. The average molecular weight is 423 g/mol. The highest BCUT2D eigenvalue weighted by Gasteiger charge is 2.28. The van der Waals surface area contributed by atoms with E-state index in [-0.39, 0.29) is 17.9 Å². The third-order valence-corrected chi connectivity index (χ3v) is 5.56. The van der Waals surface area contributed by atoms with Gasteiger partial charge in [-0.1, -0.05) is 74.9 Å². The number of amides is 2. The molecule has 0 bridgehead atoms. The molecule has 2 amide bonds. The lowest BCUT2D eigenvalue weighted by Crippen LogP contribution is -2.50. The second-order valence-corrected chi connectivity index (χ2v) is 8.99. The quantitative estimate of drug-likeness (QED) is 0.559. The molecule has 0 aliphatic carbocycles. The van der Waals surface area contributed by atoms with E-state index in [0.717, 1.165) is 11.1 Å². The molecule has 0 spiro atoms.